The van der Waals surface area contributed by atoms with Gasteiger partial charge in [-0.15, -0.1) is 0 Å². The molecule has 3 aromatic rings. The predicted octanol–water partition coefficient (Wildman–Crippen LogP) is 5.02. The molecule has 8 nitrogen and oxygen atoms in total. The van der Waals surface area contributed by atoms with E-state index >= 15 is 0 Å². The van der Waals surface area contributed by atoms with Crippen molar-refractivity contribution in [2.45, 2.75) is 25.4 Å². The highest BCUT2D eigenvalue weighted by Gasteiger charge is 2.53. The molecular formula is C29H29NO7. The van der Waals surface area contributed by atoms with Gasteiger partial charge >= 0.3 is 11.9 Å². The average Bonchev–Trinajstić information content (AvgIpc) is 3.20. The van der Waals surface area contributed by atoms with Crippen LogP contribution in [0.2, 0.25) is 0 Å². The molecule has 1 atom stereocenters. The number of hydrogen-bond acceptors (Lipinski definition) is 8. The van der Waals surface area contributed by atoms with Gasteiger partial charge in [0.1, 0.15) is 23.8 Å². The predicted molar refractivity (Wildman–Crippen MR) is 136 cm³/mol. The molecule has 0 amide bonds. The smallest absolute Gasteiger partial charge is 0.340 e. The first-order valence-corrected chi connectivity index (χ1v) is 12.3. The average molecular weight is 504 g/mol. The van der Waals surface area contributed by atoms with Crippen LogP contribution in [0.3, 0.4) is 0 Å². The molecule has 0 radical (unpaired) electrons. The van der Waals surface area contributed by atoms with E-state index < -0.39 is 11.6 Å². The van der Waals surface area contributed by atoms with Gasteiger partial charge < -0.3 is 28.6 Å². The first-order valence-electron chi connectivity index (χ1n) is 12.3. The van der Waals surface area contributed by atoms with Gasteiger partial charge in [-0.05, 0) is 36.8 Å². The van der Waals surface area contributed by atoms with Gasteiger partial charge in [0.05, 0.1) is 12.2 Å². The van der Waals surface area contributed by atoms with Gasteiger partial charge in [0, 0.05) is 48.7 Å². The van der Waals surface area contributed by atoms with Crippen molar-refractivity contribution in [2.75, 3.05) is 39.0 Å². The molecule has 0 saturated carbocycles. The van der Waals surface area contributed by atoms with Crippen LogP contribution in [0.5, 0.6) is 17.2 Å². The monoisotopic (exact) mass is 503 g/mol. The van der Waals surface area contributed by atoms with Gasteiger partial charge in [0.2, 0.25) is 0 Å². The number of esters is 2. The van der Waals surface area contributed by atoms with Gasteiger partial charge in [-0.3, -0.25) is 4.79 Å². The molecule has 1 spiro atoms. The Kier molecular flexibility index (Phi) is 6.76. The zero-order valence-electron chi connectivity index (χ0n) is 21.1. The van der Waals surface area contributed by atoms with Crippen LogP contribution in [0.1, 0.15) is 46.8 Å². The third kappa shape index (κ3) is 4.38. The lowest BCUT2D eigenvalue weighted by molar-refractivity contribution is -0.142. The second-order valence-corrected chi connectivity index (χ2v) is 9.04. The number of anilines is 1. The van der Waals surface area contributed by atoms with Gasteiger partial charge in [0.25, 0.3) is 0 Å². The molecule has 0 saturated heterocycles. The number of fused-ring (bicyclic) bond motifs is 6. The van der Waals surface area contributed by atoms with Crippen LogP contribution in [-0.2, 0) is 24.6 Å². The minimum Gasteiger partial charge on any atom is -0.467 e. The molecule has 0 bridgehead atoms. The zero-order chi connectivity index (χ0) is 26.0. The number of carbonyl (C=O) groups excluding carboxylic acids is 2. The molecule has 1 unspecified atom stereocenters. The van der Waals surface area contributed by atoms with E-state index in [1.807, 2.05) is 56.4 Å². The number of hydrogen-bond donors (Lipinski definition) is 0. The van der Waals surface area contributed by atoms with E-state index in [2.05, 4.69) is 0 Å². The summed E-state index contributed by atoms with van der Waals surface area (Å²) in [5, 5.41) is 0. The molecule has 5 rings (SSSR count). The summed E-state index contributed by atoms with van der Waals surface area (Å²) in [6, 6.07) is 18.4. The molecule has 37 heavy (non-hydrogen) atoms. The molecular weight excluding hydrogens is 474 g/mol. The summed E-state index contributed by atoms with van der Waals surface area (Å²) < 4.78 is 28.5. The second-order valence-electron chi connectivity index (χ2n) is 9.04. The van der Waals surface area contributed by atoms with Crippen LogP contribution in [0.25, 0.3) is 0 Å². The second kappa shape index (κ2) is 10.1. The van der Waals surface area contributed by atoms with E-state index in [9.17, 15) is 9.59 Å². The maximum absolute atomic E-state index is 13.0. The number of methoxy groups -OCH3 is 1. The Morgan fingerprint density at radius 2 is 1.76 bits per heavy atom. The number of carbonyl (C=O) groups is 2. The summed E-state index contributed by atoms with van der Waals surface area (Å²) in [4.78, 5) is 27.1. The summed E-state index contributed by atoms with van der Waals surface area (Å²) in [6.07, 6.45) is 1.79. The largest absolute Gasteiger partial charge is 0.467 e. The standard InChI is InChI=1S/C29H29NO7/c1-4-5-14-34-27(31)17-30(2)19-10-12-23-25(15-19)36-26-16-20(35-18-33-3)11-13-24(26)29(23)22-9-7-6-8-21(22)28(32)37-29/h6-13,15-16H,4-5,14,17-18H2,1-3H3. The summed E-state index contributed by atoms with van der Waals surface area (Å²) >= 11 is 0. The minimum absolute atomic E-state index is 0.0850. The SMILES string of the molecule is CCCCOC(=O)CN(C)c1ccc2c(c1)Oc1cc(OCOC)ccc1C21OC(=O)c2ccccc21. The van der Waals surface area contributed by atoms with Crippen molar-refractivity contribution in [3.63, 3.8) is 0 Å². The molecule has 3 aromatic carbocycles. The highest BCUT2D eigenvalue weighted by atomic mass is 16.7. The Morgan fingerprint density at radius 1 is 1.00 bits per heavy atom. The van der Waals surface area contributed by atoms with Gasteiger partial charge in [-0.2, -0.15) is 0 Å². The lowest BCUT2D eigenvalue weighted by Gasteiger charge is -2.37. The summed E-state index contributed by atoms with van der Waals surface area (Å²) in [5.74, 6) is 0.883. The first kappa shape index (κ1) is 24.6. The number of likely N-dealkylation sites (N-methyl/N-ethyl adjacent to an activating group) is 1. The number of ether oxygens (including phenoxy) is 5. The van der Waals surface area contributed by atoms with Crippen molar-refractivity contribution < 1.29 is 33.3 Å². The highest BCUT2D eigenvalue weighted by molar-refractivity contribution is 5.97. The lowest BCUT2D eigenvalue weighted by atomic mass is 9.77. The van der Waals surface area contributed by atoms with Gasteiger partial charge in [-0.1, -0.05) is 31.5 Å². The third-order valence-corrected chi connectivity index (χ3v) is 6.58. The Hall–Kier alpha value is -4.04. The fourth-order valence-corrected chi connectivity index (χ4v) is 4.76. The quantitative estimate of drug-likeness (QED) is 0.229. The van der Waals surface area contributed by atoms with Crippen molar-refractivity contribution in [3.8, 4) is 17.2 Å². The Balaban J connectivity index is 1.56. The highest BCUT2D eigenvalue weighted by Crippen LogP contribution is 2.57. The molecule has 0 fully saturated rings. The molecule has 2 aliphatic heterocycles. The van der Waals surface area contributed by atoms with Crippen molar-refractivity contribution >= 4 is 17.6 Å². The van der Waals surface area contributed by atoms with Crippen LogP contribution in [-0.4, -0.2) is 46.0 Å². The normalized spacial score (nSPS) is 16.8. The van der Waals surface area contributed by atoms with E-state index in [-0.39, 0.29) is 19.3 Å². The van der Waals surface area contributed by atoms with Crippen LogP contribution >= 0.6 is 0 Å². The molecule has 2 heterocycles. The Morgan fingerprint density at radius 3 is 2.54 bits per heavy atom. The van der Waals surface area contributed by atoms with E-state index in [1.165, 1.54) is 0 Å². The van der Waals surface area contributed by atoms with Crippen molar-refractivity contribution in [2.24, 2.45) is 0 Å². The zero-order valence-corrected chi connectivity index (χ0v) is 21.1. The summed E-state index contributed by atoms with van der Waals surface area (Å²) in [6.45, 7) is 2.64. The fourth-order valence-electron chi connectivity index (χ4n) is 4.76. The lowest BCUT2D eigenvalue weighted by Crippen LogP contribution is -2.33. The Bertz CT molecular complexity index is 1340. The number of nitrogens with zero attached hydrogens (tertiary/aromatic N) is 1. The van der Waals surface area contributed by atoms with Crippen molar-refractivity contribution in [3.05, 3.63) is 82.9 Å². The van der Waals surface area contributed by atoms with Crippen molar-refractivity contribution in [1.29, 1.82) is 0 Å². The fraction of sp³-hybridized carbons (Fsp3) is 0.310. The minimum atomic E-state index is -1.17. The Labute approximate surface area is 215 Å². The maximum atomic E-state index is 13.0. The van der Waals surface area contributed by atoms with Crippen LogP contribution < -0.4 is 14.4 Å². The first-order chi connectivity index (χ1) is 18.0. The van der Waals surface area contributed by atoms with Crippen LogP contribution in [0, 0.1) is 0 Å². The molecule has 0 N–H and O–H groups in total. The van der Waals surface area contributed by atoms with Crippen LogP contribution in [0.15, 0.2) is 60.7 Å². The maximum Gasteiger partial charge on any atom is 0.340 e. The number of unbranched alkanes of at least 4 members (excludes halogenated alkanes) is 1. The number of rotatable bonds is 9. The molecule has 8 heteroatoms. The summed E-state index contributed by atoms with van der Waals surface area (Å²) in [7, 11) is 3.36. The van der Waals surface area contributed by atoms with E-state index in [0.29, 0.717) is 40.5 Å². The van der Waals surface area contributed by atoms with Crippen LogP contribution in [0.4, 0.5) is 5.69 Å². The number of benzene rings is 3. The van der Waals surface area contributed by atoms with E-state index in [1.54, 1.807) is 30.2 Å². The third-order valence-electron chi connectivity index (χ3n) is 6.58. The molecule has 2 aliphatic rings. The topological polar surface area (TPSA) is 83.5 Å². The van der Waals surface area contributed by atoms with E-state index in [0.717, 1.165) is 24.1 Å². The molecule has 0 aliphatic carbocycles. The van der Waals surface area contributed by atoms with Gasteiger partial charge in [-0.25, -0.2) is 4.79 Å². The summed E-state index contributed by atoms with van der Waals surface area (Å²) in [5.41, 5.74) is 2.24. The molecule has 192 valence electrons. The van der Waals surface area contributed by atoms with Gasteiger partial charge in [0.15, 0.2) is 12.4 Å². The van der Waals surface area contributed by atoms with Crippen molar-refractivity contribution in [1.82, 2.24) is 0 Å². The molecule has 0 aromatic heterocycles. The van der Waals surface area contributed by atoms with E-state index in [4.69, 9.17) is 23.7 Å².